The fraction of sp³-hybridized carbons (Fsp3) is 0.300. The Kier molecular flexibility index (Phi) is 5.80. The van der Waals surface area contributed by atoms with Crippen molar-refractivity contribution in [1.29, 1.82) is 0 Å². The van der Waals surface area contributed by atoms with Gasteiger partial charge in [0.1, 0.15) is 24.5 Å². The summed E-state index contributed by atoms with van der Waals surface area (Å²) in [6.07, 6.45) is -0.986. The molecule has 7 nitrogen and oxygen atoms in total. The molecule has 2 aromatic carbocycles. The van der Waals surface area contributed by atoms with E-state index in [2.05, 4.69) is 5.32 Å². The molecule has 0 bridgehead atoms. The monoisotopic (exact) mass is 371 g/mol. The van der Waals surface area contributed by atoms with Crippen LogP contribution in [0.5, 0.6) is 17.2 Å². The highest BCUT2D eigenvalue weighted by Crippen LogP contribution is 2.32. The Morgan fingerprint density at radius 1 is 1.11 bits per heavy atom. The highest BCUT2D eigenvalue weighted by molar-refractivity contribution is 5.98. The van der Waals surface area contributed by atoms with Crippen LogP contribution in [0.2, 0.25) is 0 Å². The number of ether oxygens (including phenoxy) is 4. The van der Waals surface area contributed by atoms with Gasteiger partial charge in [0, 0.05) is 11.8 Å². The lowest BCUT2D eigenvalue weighted by molar-refractivity contribution is -0.123. The number of nitrogens with one attached hydrogen (secondary N) is 1. The highest BCUT2D eigenvalue weighted by Gasteiger charge is 2.22. The topological polar surface area (TPSA) is 83.1 Å². The van der Waals surface area contributed by atoms with E-state index in [0.717, 1.165) is 0 Å². The molecule has 27 heavy (non-hydrogen) atoms. The maximum atomic E-state index is 12.4. The van der Waals surface area contributed by atoms with Crippen molar-refractivity contribution in [3.05, 3.63) is 48.0 Å². The van der Waals surface area contributed by atoms with Crippen LogP contribution in [-0.2, 0) is 9.53 Å². The van der Waals surface area contributed by atoms with E-state index in [1.54, 1.807) is 42.5 Å². The molecule has 1 aliphatic heterocycles. The average Bonchev–Trinajstić information content (AvgIpc) is 2.68. The summed E-state index contributed by atoms with van der Waals surface area (Å²) in [5.41, 5.74) is 0.806. The van der Waals surface area contributed by atoms with Gasteiger partial charge in [-0.05, 0) is 38.1 Å². The first-order valence-electron chi connectivity index (χ1n) is 8.71. The second-order valence-electron chi connectivity index (χ2n) is 5.82. The summed E-state index contributed by atoms with van der Waals surface area (Å²) in [5.74, 6) is 0.544. The zero-order chi connectivity index (χ0) is 19.2. The summed E-state index contributed by atoms with van der Waals surface area (Å²) in [6, 6.07) is 11.8. The van der Waals surface area contributed by atoms with Crippen LogP contribution in [0.4, 0.5) is 5.69 Å². The first-order valence-corrected chi connectivity index (χ1v) is 8.71. The van der Waals surface area contributed by atoms with Gasteiger partial charge in [-0.25, -0.2) is 4.79 Å². The van der Waals surface area contributed by atoms with Crippen molar-refractivity contribution >= 4 is 17.6 Å². The van der Waals surface area contributed by atoms with Gasteiger partial charge in [0.2, 0.25) is 0 Å². The molecule has 1 heterocycles. The van der Waals surface area contributed by atoms with E-state index in [0.29, 0.717) is 42.8 Å². The maximum Gasteiger partial charge on any atom is 0.342 e. The molecule has 0 aliphatic carbocycles. The van der Waals surface area contributed by atoms with Crippen LogP contribution in [0.15, 0.2) is 42.5 Å². The van der Waals surface area contributed by atoms with Crippen molar-refractivity contribution < 1.29 is 28.5 Å². The molecule has 0 unspecified atom stereocenters. The zero-order valence-electron chi connectivity index (χ0n) is 15.2. The van der Waals surface area contributed by atoms with E-state index in [9.17, 15) is 9.59 Å². The van der Waals surface area contributed by atoms with Gasteiger partial charge in [0.25, 0.3) is 5.91 Å². The van der Waals surface area contributed by atoms with Crippen molar-refractivity contribution in [2.45, 2.75) is 20.0 Å². The molecular weight excluding hydrogens is 350 g/mol. The largest absolute Gasteiger partial charge is 0.493 e. The molecule has 0 spiro atoms. The third kappa shape index (κ3) is 4.49. The minimum absolute atomic E-state index is 0.276. The Bertz CT molecular complexity index is 835. The second-order valence-corrected chi connectivity index (χ2v) is 5.82. The average molecular weight is 371 g/mol. The van der Waals surface area contributed by atoms with Crippen molar-refractivity contribution in [3.8, 4) is 17.2 Å². The lowest BCUT2D eigenvalue weighted by atomic mass is 10.2. The number of hydrogen-bond donors (Lipinski definition) is 1. The van der Waals surface area contributed by atoms with Crippen molar-refractivity contribution in [3.63, 3.8) is 0 Å². The lowest BCUT2D eigenvalue weighted by Gasteiger charge is -2.19. The highest BCUT2D eigenvalue weighted by atomic mass is 16.6. The number of anilines is 1. The third-order valence-corrected chi connectivity index (χ3v) is 3.87. The minimum Gasteiger partial charge on any atom is -0.493 e. The number of carbonyl (C=O) groups is 2. The van der Waals surface area contributed by atoms with Gasteiger partial charge >= 0.3 is 5.97 Å². The van der Waals surface area contributed by atoms with Gasteiger partial charge in [0.15, 0.2) is 17.6 Å². The quantitative estimate of drug-likeness (QED) is 0.786. The van der Waals surface area contributed by atoms with Gasteiger partial charge in [-0.3, -0.25) is 4.79 Å². The van der Waals surface area contributed by atoms with E-state index in [-0.39, 0.29) is 5.56 Å². The van der Waals surface area contributed by atoms with Gasteiger partial charge < -0.3 is 24.3 Å². The number of carbonyl (C=O) groups excluding carboxylic acids is 2. The molecule has 7 heteroatoms. The molecule has 2 aromatic rings. The molecule has 1 amide bonds. The number of benzene rings is 2. The molecule has 1 atom stereocenters. The fourth-order valence-electron chi connectivity index (χ4n) is 2.56. The first-order chi connectivity index (χ1) is 13.1. The van der Waals surface area contributed by atoms with Crippen LogP contribution < -0.4 is 19.5 Å². The zero-order valence-corrected chi connectivity index (χ0v) is 15.2. The summed E-state index contributed by atoms with van der Waals surface area (Å²) >= 11 is 0. The van der Waals surface area contributed by atoms with Gasteiger partial charge in [0.05, 0.1) is 6.61 Å². The Morgan fingerprint density at radius 3 is 2.63 bits per heavy atom. The minimum atomic E-state index is -0.986. The Morgan fingerprint density at radius 2 is 1.85 bits per heavy atom. The summed E-state index contributed by atoms with van der Waals surface area (Å²) in [6.45, 7) is 4.71. The molecule has 1 N–H and O–H groups in total. The van der Waals surface area contributed by atoms with Gasteiger partial charge in [-0.2, -0.15) is 0 Å². The number of para-hydroxylation sites is 1. The Labute approximate surface area is 157 Å². The second kappa shape index (κ2) is 8.44. The van der Waals surface area contributed by atoms with Crippen molar-refractivity contribution in [2.75, 3.05) is 25.1 Å². The fourth-order valence-corrected chi connectivity index (χ4v) is 2.56. The molecule has 0 radical (unpaired) electrons. The predicted molar refractivity (Wildman–Crippen MR) is 98.6 cm³/mol. The normalized spacial score (nSPS) is 13.4. The van der Waals surface area contributed by atoms with Gasteiger partial charge in [-0.1, -0.05) is 12.1 Å². The van der Waals surface area contributed by atoms with Crippen molar-refractivity contribution in [2.24, 2.45) is 0 Å². The van der Waals surface area contributed by atoms with Crippen LogP contribution in [-0.4, -0.2) is 37.8 Å². The first kappa shape index (κ1) is 18.6. The predicted octanol–water partition coefficient (Wildman–Crippen LogP) is 3.04. The summed E-state index contributed by atoms with van der Waals surface area (Å²) in [5, 5.41) is 2.71. The number of amides is 1. The van der Waals surface area contributed by atoms with Crippen LogP contribution in [0, 0.1) is 0 Å². The lowest BCUT2D eigenvalue weighted by Crippen LogP contribution is -2.30. The summed E-state index contributed by atoms with van der Waals surface area (Å²) < 4.78 is 21.6. The van der Waals surface area contributed by atoms with Crippen LogP contribution in [0.25, 0.3) is 0 Å². The molecule has 3 rings (SSSR count). The van der Waals surface area contributed by atoms with Crippen LogP contribution >= 0.6 is 0 Å². The van der Waals surface area contributed by atoms with E-state index < -0.39 is 18.0 Å². The molecule has 0 saturated heterocycles. The van der Waals surface area contributed by atoms with E-state index in [1.165, 1.54) is 6.92 Å². The van der Waals surface area contributed by atoms with E-state index in [1.807, 2.05) is 6.92 Å². The van der Waals surface area contributed by atoms with E-state index >= 15 is 0 Å². The third-order valence-electron chi connectivity index (χ3n) is 3.87. The smallest absolute Gasteiger partial charge is 0.342 e. The Balaban J connectivity index is 1.63. The summed E-state index contributed by atoms with van der Waals surface area (Å²) in [7, 11) is 0. The SMILES string of the molecule is CCOc1ccccc1C(=O)O[C@H](C)C(=O)Nc1ccc2c(c1)OCCO2. The summed E-state index contributed by atoms with van der Waals surface area (Å²) in [4.78, 5) is 24.7. The molecule has 1 aliphatic rings. The number of esters is 1. The molecule has 0 aromatic heterocycles. The Hall–Kier alpha value is -3.22. The van der Waals surface area contributed by atoms with Crippen molar-refractivity contribution in [1.82, 2.24) is 0 Å². The number of rotatable bonds is 6. The number of hydrogen-bond acceptors (Lipinski definition) is 6. The number of fused-ring (bicyclic) bond motifs is 1. The van der Waals surface area contributed by atoms with Gasteiger partial charge in [-0.15, -0.1) is 0 Å². The van der Waals surface area contributed by atoms with Crippen LogP contribution in [0.1, 0.15) is 24.2 Å². The maximum absolute atomic E-state index is 12.4. The molecular formula is C20H21NO6. The molecule has 0 fully saturated rings. The molecule has 0 saturated carbocycles. The van der Waals surface area contributed by atoms with E-state index in [4.69, 9.17) is 18.9 Å². The van der Waals surface area contributed by atoms with Crippen LogP contribution in [0.3, 0.4) is 0 Å². The standard InChI is InChI=1S/C20H21NO6/c1-3-24-16-7-5-4-6-15(16)20(23)27-13(2)19(22)21-14-8-9-17-18(12-14)26-11-10-25-17/h4-9,12-13H,3,10-11H2,1-2H3,(H,21,22)/t13-/m1/s1. The molecule has 142 valence electrons.